The average Bonchev–Trinajstić information content (AvgIpc) is 2.12. The van der Waals surface area contributed by atoms with Crippen LogP contribution >= 0.6 is 0 Å². The third-order valence-electron chi connectivity index (χ3n) is 3.37. The maximum atomic E-state index is 11.7. The van der Waals surface area contributed by atoms with Crippen LogP contribution in [-0.4, -0.2) is 23.2 Å². The standard InChI is InChI=1S/C14H27NO2/c1-11-6-5-7-14(17,8-11)10-15-12(16)9-13(2,3)4/h11,17H,5-10H2,1-4H3,(H,15,16). The van der Waals surface area contributed by atoms with Crippen LogP contribution in [0.25, 0.3) is 0 Å². The van der Waals surface area contributed by atoms with Crippen LogP contribution in [0.3, 0.4) is 0 Å². The largest absolute Gasteiger partial charge is 0.388 e. The fraction of sp³-hybridized carbons (Fsp3) is 0.929. The van der Waals surface area contributed by atoms with Crippen LogP contribution in [0.2, 0.25) is 0 Å². The van der Waals surface area contributed by atoms with Crippen molar-refractivity contribution in [1.82, 2.24) is 5.32 Å². The molecule has 0 radical (unpaired) electrons. The number of hydrogen-bond donors (Lipinski definition) is 2. The molecule has 2 unspecified atom stereocenters. The lowest BCUT2D eigenvalue weighted by Gasteiger charge is -2.35. The zero-order chi connectivity index (χ0) is 13.1. The van der Waals surface area contributed by atoms with Crippen molar-refractivity contribution >= 4 is 5.91 Å². The van der Waals surface area contributed by atoms with E-state index in [0.717, 1.165) is 19.3 Å². The van der Waals surface area contributed by atoms with Crippen molar-refractivity contribution < 1.29 is 9.90 Å². The highest BCUT2D eigenvalue weighted by Crippen LogP contribution is 2.31. The molecule has 100 valence electrons. The molecule has 1 aliphatic carbocycles. The van der Waals surface area contributed by atoms with Crippen molar-refractivity contribution in [2.45, 2.75) is 65.4 Å². The van der Waals surface area contributed by atoms with Crippen LogP contribution in [0.1, 0.15) is 59.8 Å². The molecule has 0 saturated heterocycles. The van der Waals surface area contributed by atoms with Gasteiger partial charge < -0.3 is 10.4 Å². The van der Waals surface area contributed by atoms with Gasteiger partial charge in [-0.2, -0.15) is 0 Å². The number of hydrogen-bond acceptors (Lipinski definition) is 2. The number of nitrogens with one attached hydrogen (secondary N) is 1. The first-order valence-electron chi connectivity index (χ1n) is 6.69. The number of rotatable bonds is 3. The van der Waals surface area contributed by atoms with Crippen molar-refractivity contribution in [3.8, 4) is 0 Å². The molecule has 3 heteroatoms. The quantitative estimate of drug-likeness (QED) is 0.797. The van der Waals surface area contributed by atoms with E-state index >= 15 is 0 Å². The minimum absolute atomic E-state index is 0.00651. The summed E-state index contributed by atoms with van der Waals surface area (Å²) in [5.41, 5.74) is -0.669. The molecule has 0 aromatic rings. The molecule has 1 fully saturated rings. The Hall–Kier alpha value is -0.570. The Labute approximate surface area is 105 Å². The van der Waals surface area contributed by atoms with Crippen LogP contribution in [0.5, 0.6) is 0 Å². The number of aliphatic hydroxyl groups is 1. The molecule has 0 aromatic carbocycles. The fourth-order valence-corrected chi connectivity index (χ4v) is 2.60. The van der Waals surface area contributed by atoms with Crippen LogP contribution < -0.4 is 5.32 Å². The van der Waals surface area contributed by atoms with Crippen molar-refractivity contribution in [1.29, 1.82) is 0 Å². The minimum atomic E-state index is -0.675. The molecule has 0 aromatic heterocycles. The first-order valence-corrected chi connectivity index (χ1v) is 6.69. The summed E-state index contributed by atoms with van der Waals surface area (Å²) in [5, 5.41) is 13.3. The summed E-state index contributed by atoms with van der Waals surface area (Å²) < 4.78 is 0. The molecule has 0 heterocycles. The molecule has 2 atom stereocenters. The Balaban J connectivity index is 2.36. The van der Waals surface area contributed by atoms with Gasteiger partial charge in [0.15, 0.2) is 0 Å². The van der Waals surface area contributed by atoms with Crippen molar-refractivity contribution in [2.75, 3.05) is 6.54 Å². The molecule has 1 aliphatic rings. The van der Waals surface area contributed by atoms with E-state index in [-0.39, 0.29) is 11.3 Å². The SMILES string of the molecule is CC1CCCC(O)(CNC(=O)CC(C)(C)C)C1. The second-order valence-corrected chi connectivity index (χ2v) is 6.94. The van der Waals surface area contributed by atoms with Gasteiger partial charge in [0.25, 0.3) is 0 Å². The Kier molecular flexibility index (Phi) is 4.59. The van der Waals surface area contributed by atoms with Gasteiger partial charge >= 0.3 is 0 Å². The van der Waals surface area contributed by atoms with Crippen molar-refractivity contribution in [3.05, 3.63) is 0 Å². The highest BCUT2D eigenvalue weighted by Gasteiger charge is 2.33. The lowest BCUT2D eigenvalue weighted by atomic mass is 9.79. The van der Waals surface area contributed by atoms with Gasteiger partial charge in [-0.3, -0.25) is 4.79 Å². The number of carbonyl (C=O) groups excluding carboxylic acids is 1. The summed E-state index contributed by atoms with van der Waals surface area (Å²) in [6.45, 7) is 8.71. The Morgan fingerprint density at radius 2 is 2.12 bits per heavy atom. The van der Waals surface area contributed by atoms with Gasteiger partial charge in [-0.05, 0) is 24.2 Å². The average molecular weight is 241 g/mol. The minimum Gasteiger partial charge on any atom is -0.388 e. The lowest BCUT2D eigenvalue weighted by Crippen LogP contribution is -2.46. The van der Waals surface area contributed by atoms with Crippen LogP contribution in [0.15, 0.2) is 0 Å². The zero-order valence-electron chi connectivity index (χ0n) is 11.7. The molecule has 3 nitrogen and oxygen atoms in total. The van der Waals surface area contributed by atoms with E-state index in [1.165, 1.54) is 6.42 Å². The van der Waals surface area contributed by atoms with E-state index in [4.69, 9.17) is 0 Å². The second-order valence-electron chi connectivity index (χ2n) is 6.94. The summed E-state index contributed by atoms with van der Waals surface area (Å²) >= 11 is 0. The van der Waals surface area contributed by atoms with E-state index in [1.807, 2.05) is 20.8 Å². The fourth-order valence-electron chi connectivity index (χ4n) is 2.60. The second kappa shape index (κ2) is 5.38. The van der Waals surface area contributed by atoms with Crippen molar-refractivity contribution in [3.63, 3.8) is 0 Å². The maximum Gasteiger partial charge on any atom is 0.220 e. The molecule has 1 rings (SSSR count). The molecule has 2 N–H and O–H groups in total. The molecule has 1 amide bonds. The molecule has 0 bridgehead atoms. The first kappa shape index (κ1) is 14.5. The predicted molar refractivity (Wildman–Crippen MR) is 69.7 cm³/mol. The Morgan fingerprint density at radius 3 is 2.65 bits per heavy atom. The third-order valence-corrected chi connectivity index (χ3v) is 3.37. The highest BCUT2D eigenvalue weighted by molar-refractivity contribution is 5.76. The molecule has 17 heavy (non-hydrogen) atoms. The van der Waals surface area contributed by atoms with Crippen LogP contribution in [-0.2, 0) is 4.79 Å². The van der Waals surface area contributed by atoms with Gasteiger partial charge in [0.1, 0.15) is 0 Å². The van der Waals surface area contributed by atoms with Gasteiger partial charge in [-0.15, -0.1) is 0 Å². The summed E-state index contributed by atoms with van der Waals surface area (Å²) in [6.07, 6.45) is 4.39. The summed E-state index contributed by atoms with van der Waals surface area (Å²) in [6, 6.07) is 0. The Morgan fingerprint density at radius 1 is 1.47 bits per heavy atom. The van der Waals surface area contributed by atoms with E-state index in [9.17, 15) is 9.90 Å². The zero-order valence-corrected chi connectivity index (χ0v) is 11.7. The van der Waals surface area contributed by atoms with Gasteiger partial charge in [-0.1, -0.05) is 40.5 Å². The van der Waals surface area contributed by atoms with Gasteiger partial charge in [0, 0.05) is 13.0 Å². The molecule has 1 saturated carbocycles. The monoisotopic (exact) mass is 241 g/mol. The van der Waals surface area contributed by atoms with E-state index in [0.29, 0.717) is 18.9 Å². The molecule has 0 spiro atoms. The maximum absolute atomic E-state index is 11.7. The summed E-state index contributed by atoms with van der Waals surface area (Å²) in [4.78, 5) is 11.7. The Bertz CT molecular complexity index is 270. The normalized spacial score (nSPS) is 30.1. The van der Waals surface area contributed by atoms with E-state index < -0.39 is 5.60 Å². The molecular formula is C14H27NO2. The van der Waals surface area contributed by atoms with Crippen LogP contribution in [0.4, 0.5) is 0 Å². The predicted octanol–water partition coefficient (Wildman–Crippen LogP) is 2.48. The first-order chi connectivity index (χ1) is 7.70. The van der Waals surface area contributed by atoms with Crippen LogP contribution in [0, 0.1) is 11.3 Å². The number of amides is 1. The van der Waals surface area contributed by atoms with Crippen molar-refractivity contribution in [2.24, 2.45) is 11.3 Å². The van der Waals surface area contributed by atoms with Gasteiger partial charge in [-0.25, -0.2) is 0 Å². The van der Waals surface area contributed by atoms with Gasteiger partial charge in [0.05, 0.1) is 5.60 Å². The van der Waals surface area contributed by atoms with E-state index in [1.54, 1.807) is 0 Å². The molecule has 0 aliphatic heterocycles. The third kappa shape index (κ3) is 5.53. The number of carbonyl (C=O) groups is 1. The summed E-state index contributed by atoms with van der Waals surface area (Å²) in [5.74, 6) is 0.609. The topological polar surface area (TPSA) is 49.3 Å². The lowest BCUT2D eigenvalue weighted by molar-refractivity contribution is -0.124. The molecular weight excluding hydrogens is 214 g/mol. The van der Waals surface area contributed by atoms with Gasteiger partial charge in [0.2, 0.25) is 5.91 Å². The highest BCUT2D eigenvalue weighted by atomic mass is 16.3. The smallest absolute Gasteiger partial charge is 0.220 e. The van der Waals surface area contributed by atoms with E-state index in [2.05, 4.69) is 12.2 Å². The summed E-state index contributed by atoms with van der Waals surface area (Å²) in [7, 11) is 0.